The number of nitrogens with zero attached hydrogens (tertiary/aromatic N) is 3. The first-order chi connectivity index (χ1) is 14.0. The summed E-state index contributed by atoms with van der Waals surface area (Å²) >= 11 is 0. The van der Waals surface area contributed by atoms with E-state index in [0.29, 0.717) is 12.2 Å². The second-order valence-corrected chi connectivity index (χ2v) is 8.16. The van der Waals surface area contributed by atoms with E-state index in [0.717, 1.165) is 76.8 Å². The van der Waals surface area contributed by atoms with Crippen molar-refractivity contribution in [1.29, 1.82) is 0 Å². The molecule has 0 aromatic heterocycles. The van der Waals surface area contributed by atoms with Gasteiger partial charge < -0.3 is 25.2 Å². The van der Waals surface area contributed by atoms with Crippen molar-refractivity contribution in [2.75, 3.05) is 57.3 Å². The lowest BCUT2D eigenvalue weighted by atomic mass is 10.0. The van der Waals surface area contributed by atoms with E-state index in [9.17, 15) is 4.39 Å². The fourth-order valence-electron chi connectivity index (χ4n) is 3.97. The van der Waals surface area contributed by atoms with Crippen LogP contribution >= 0.6 is 0 Å². The number of ether oxygens (including phenoxy) is 1. The van der Waals surface area contributed by atoms with Crippen LogP contribution in [0.4, 0.5) is 10.1 Å². The molecule has 0 amide bonds. The summed E-state index contributed by atoms with van der Waals surface area (Å²) in [6.45, 7) is 13.9. The fraction of sp³-hybridized carbons (Fsp3) is 0.682. The van der Waals surface area contributed by atoms with Crippen LogP contribution < -0.4 is 15.5 Å². The van der Waals surface area contributed by atoms with E-state index >= 15 is 0 Å². The highest BCUT2D eigenvalue weighted by Gasteiger charge is 2.29. The number of hydrogen-bond donors (Lipinski definition) is 2. The van der Waals surface area contributed by atoms with Crippen molar-refractivity contribution in [2.45, 2.75) is 45.8 Å². The molecule has 7 heteroatoms. The smallest absolute Gasteiger partial charge is 0.191 e. The summed E-state index contributed by atoms with van der Waals surface area (Å²) in [7, 11) is 0. The molecule has 0 aliphatic carbocycles. The molecule has 2 aliphatic rings. The normalized spacial score (nSPS) is 23.4. The largest absolute Gasteiger partial charge is 0.373 e. The first-order valence-corrected chi connectivity index (χ1v) is 10.9. The summed E-state index contributed by atoms with van der Waals surface area (Å²) in [6, 6.07) is 5.50. The Bertz CT molecular complexity index is 682. The van der Waals surface area contributed by atoms with Gasteiger partial charge in [0.1, 0.15) is 5.82 Å². The molecule has 3 rings (SSSR count). The average molecular weight is 406 g/mol. The first-order valence-electron chi connectivity index (χ1n) is 10.9. The maximum Gasteiger partial charge on any atom is 0.191 e. The average Bonchev–Trinajstić information content (AvgIpc) is 3.17. The second-order valence-electron chi connectivity index (χ2n) is 8.16. The zero-order chi connectivity index (χ0) is 20.7. The molecule has 2 N–H and O–H groups in total. The van der Waals surface area contributed by atoms with Gasteiger partial charge in [-0.25, -0.2) is 9.38 Å². The van der Waals surface area contributed by atoms with Crippen LogP contribution in [0.2, 0.25) is 0 Å². The minimum atomic E-state index is -0.160. The standard InChI is InChI=1S/C22H36FN5O/c1-4-24-21(26-17-22(3)9-6-14-29-22)25-16-18-7-8-20(19(23)15-18)28-12-10-27(5-2)11-13-28/h7-8,15H,4-6,9-14,16-17H2,1-3H3,(H2,24,25,26). The number of halogens is 1. The van der Waals surface area contributed by atoms with Crippen LogP contribution in [-0.2, 0) is 11.3 Å². The molecule has 0 saturated carbocycles. The SMILES string of the molecule is CCNC(=NCc1ccc(N2CCN(CC)CC2)c(F)c1)NCC1(C)CCCO1. The summed E-state index contributed by atoms with van der Waals surface area (Å²) in [4.78, 5) is 9.17. The van der Waals surface area contributed by atoms with Crippen molar-refractivity contribution in [3.05, 3.63) is 29.6 Å². The molecule has 1 aromatic rings. The molecule has 162 valence electrons. The Labute approximate surface area is 174 Å². The van der Waals surface area contributed by atoms with Gasteiger partial charge in [0.15, 0.2) is 5.96 Å². The van der Waals surface area contributed by atoms with Crippen molar-refractivity contribution >= 4 is 11.6 Å². The topological polar surface area (TPSA) is 52.1 Å². The summed E-state index contributed by atoms with van der Waals surface area (Å²) in [5.74, 6) is 0.580. The lowest BCUT2D eigenvalue weighted by Gasteiger charge is -2.35. The predicted octanol–water partition coefficient (Wildman–Crippen LogP) is 2.59. The van der Waals surface area contributed by atoms with Crippen LogP contribution in [0.25, 0.3) is 0 Å². The molecule has 1 unspecified atom stereocenters. The van der Waals surface area contributed by atoms with Gasteiger partial charge in [0.25, 0.3) is 0 Å². The summed E-state index contributed by atoms with van der Waals surface area (Å²) in [5.41, 5.74) is 1.44. The molecular formula is C22H36FN5O. The van der Waals surface area contributed by atoms with Gasteiger partial charge in [-0.2, -0.15) is 0 Å². The van der Waals surface area contributed by atoms with E-state index < -0.39 is 0 Å². The third-order valence-electron chi connectivity index (χ3n) is 5.87. The lowest BCUT2D eigenvalue weighted by molar-refractivity contribution is 0.0243. The highest BCUT2D eigenvalue weighted by molar-refractivity contribution is 5.79. The number of benzene rings is 1. The van der Waals surface area contributed by atoms with Gasteiger partial charge in [-0.05, 0) is 50.9 Å². The minimum absolute atomic E-state index is 0.133. The Morgan fingerprint density at radius 3 is 2.62 bits per heavy atom. The molecule has 6 nitrogen and oxygen atoms in total. The van der Waals surface area contributed by atoms with E-state index in [-0.39, 0.29) is 11.4 Å². The zero-order valence-corrected chi connectivity index (χ0v) is 18.1. The van der Waals surface area contributed by atoms with Crippen LogP contribution in [0.5, 0.6) is 0 Å². The fourth-order valence-corrected chi connectivity index (χ4v) is 3.97. The molecule has 2 heterocycles. The van der Waals surface area contributed by atoms with Gasteiger partial charge in [-0.3, -0.25) is 0 Å². The van der Waals surface area contributed by atoms with Crippen molar-refractivity contribution in [3.63, 3.8) is 0 Å². The molecule has 0 radical (unpaired) electrons. The van der Waals surface area contributed by atoms with Crippen molar-refractivity contribution in [3.8, 4) is 0 Å². The molecule has 1 atom stereocenters. The number of guanidine groups is 1. The number of likely N-dealkylation sites (N-methyl/N-ethyl adjacent to an activating group) is 1. The summed E-state index contributed by atoms with van der Waals surface area (Å²) in [5, 5.41) is 6.63. The predicted molar refractivity (Wildman–Crippen MR) is 117 cm³/mol. The molecule has 2 fully saturated rings. The molecule has 2 aliphatic heterocycles. The Morgan fingerprint density at radius 1 is 1.21 bits per heavy atom. The highest BCUT2D eigenvalue weighted by atomic mass is 19.1. The summed E-state index contributed by atoms with van der Waals surface area (Å²) < 4.78 is 20.6. The number of anilines is 1. The van der Waals surface area contributed by atoms with Crippen molar-refractivity contribution < 1.29 is 9.13 Å². The Hall–Kier alpha value is -1.86. The Balaban J connectivity index is 1.58. The van der Waals surface area contributed by atoms with Gasteiger partial charge in [-0.1, -0.05) is 13.0 Å². The van der Waals surface area contributed by atoms with Crippen molar-refractivity contribution in [1.82, 2.24) is 15.5 Å². The molecular weight excluding hydrogens is 369 g/mol. The number of hydrogen-bond acceptors (Lipinski definition) is 4. The van der Waals surface area contributed by atoms with E-state index in [2.05, 4.69) is 39.3 Å². The van der Waals surface area contributed by atoms with Gasteiger partial charge in [0.05, 0.1) is 17.8 Å². The maximum atomic E-state index is 14.7. The van der Waals surface area contributed by atoms with E-state index in [1.54, 1.807) is 6.07 Å². The van der Waals surface area contributed by atoms with E-state index in [1.165, 1.54) is 0 Å². The van der Waals surface area contributed by atoms with Gasteiger partial charge in [0.2, 0.25) is 0 Å². The number of piperazine rings is 1. The van der Waals surface area contributed by atoms with Crippen molar-refractivity contribution in [2.24, 2.45) is 4.99 Å². The van der Waals surface area contributed by atoms with E-state index in [1.807, 2.05) is 19.1 Å². The lowest BCUT2D eigenvalue weighted by Crippen LogP contribution is -2.46. The summed E-state index contributed by atoms with van der Waals surface area (Å²) in [6.07, 6.45) is 2.16. The number of nitrogens with one attached hydrogen (secondary N) is 2. The third kappa shape index (κ3) is 6.06. The zero-order valence-electron chi connectivity index (χ0n) is 18.1. The van der Waals surface area contributed by atoms with Gasteiger partial charge in [0, 0.05) is 45.9 Å². The van der Waals surface area contributed by atoms with Crippen LogP contribution in [-0.4, -0.2) is 68.9 Å². The number of rotatable bonds is 7. The van der Waals surface area contributed by atoms with Crippen LogP contribution in [0, 0.1) is 5.82 Å². The monoisotopic (exact) mass is 405 g/mol. The van der Waals surface area contributed by atoms with Crippen LogP contribution in [0.1, 0.15) is 39.2 Å². The Morgan fingerprint density at radius 2 is 2.00 bits per heavy atom. The van der Waals surface area contributed by atoms with Gasteiger partial charge >= 0.3 is 0 Å². The minimum Gasteiger partial charge on any atom is -0.373 e. The van der Waals surface area contributed by atoms with Crippen LogP contribution in [0.15, 0.2) is 23.2 Å². The van der Waals surface area contributed by atoms with Crippen LogP contribution in [0.3, 0.4) is 0 Å². The maximum absolute atomic E-state index is 14.7. The molecule has 0 spiro atoms. The highest BCUT2D eigenvalue weighted by Crippen LogP contribution is 2.24. The Kier molecular flexibility index (Phi) is 7.72. The van der Waals surface area contributed by atoms with E-state index in [4.69, 9.17) is 4.74 Å². The van der Waals surface area contributed by atoms with Gasteiger partial charge in [-0.15, -0.1) is 0 Å². The first kappa shape index (κ1) is 21.8. The quantitative estimate of drug-likeness (QED) is 0.540. The molecule has 1 aromatic carbocycles. The molecule has 2 saturated heterocycles. The number of aliphatic imine (C=N–C) groups is 1. The molecule has 29 heavy (non-hydrogen) atoms. The molecule has 0 bridgehead atoms. The second kappa shape index (κ2) is 10.3. The third-order valence-corrected chi connectivity index (χ3v) is 5.87.